The van der Waals surface area contributed by atoms with Gasteiger partial charge in [0.1, 0.15) is 0 Å². The summed E-state index contributed by atoms with van der Waals surface area (Å²) in [5.41, 5.74) is 0. The third-order valence-corrected chi connectivity index (χ3v) is 2.61. The van der Waals surface area contributed by atoms with Gasteiger partial charge in [0.2, 0.25) is 0 Å². The Labute approximate surface area is 104 Å². The zero-order valence-corrected chi connectivity index (χ0v) is 10.9. The molecule has 98 valence electrons. The van der Waals surface area contributed by atoms with Crippen LogP contribution in [0.1, 0.15) is 32.6 Å². The fourth-order valence-electron chi connectivity index (χ4n) is 1.58. The van der Waals surface area contributed by atoms with Crippen molar-refractivity contribution in [1.82, 2.24) is 14.9 Å². The SMILES string of the molecule is CCCCOCCCNCCCn1ccnc1. The highest BCUT2D eigenvalue weighted by Crippen LogP contribution is 1.90. The molecule has 17 heavy (non-hydrogen) atoms. The van der Waals surface area contributed by atoms with Crippen LogP contribution >= 0.6 is 0 Å². The van der Waals surface area contributed by atoms with Gasteiger partial charge in [-0.3, -0.25) is 0 Å². The average molecular weight is 239 g/mol. The molecule has 0 bridgehead atoms. The van der Waals surface area contributed by atoms with Crippen molar-refractivity contribution in [3.05, 3.63) is 18.7 Å². The minimum atomic E-state index is 0.883. The fourth-order valence-corrected chi connectivity index (χ4v) is 1.58. The van der Waals surface area contributed by atoms with Gasteiger partial charge in [-0.05, 0) is 32.4 Å². The van der Waals surface area contributed by atoms with Crippen LogP contribution in [0.4, 0.5) is 0 Å². The van der Waals surface area contributed by atoms with E-state index in [1.165, 1.54) is 12.8 Å². The highest BCUT2D eigenvalue weighted by atomic mass is 16.5. The van der Waals surface area contributed by atoms with Gasteiger partial charge in [-0.15, -0.1) is 0 Å². The largest absolute Gasteiger partial charge is 0.381 e. The lowest BCUT2D eigenvalue weighted by Gasteiger charge is -2.06. The molecular formula is C13H25N3O. The number of nitrogens with zero attached hydrogens (tertiary/aromatic N) is 2. The molecule has 0 aliphatic rings. The first-order valence-electron chi connectivity index (χ1n) is 6.67. The first-order valence-corrected chi connectivity index (χ1v) is 6.67. The van der Waals surface area contributed by atoms with E-state index in [2.05, 4.69) is 21.8 Å². The molecule has 0 unspecified atom stereocenters. The fraction of sp³-hybridized carbons (Fsp3) is 0.769. The molecule has 0 saturated carbocycles. The van der Waals surface area contributed by atoms with Gasteiger partial charge in [-0.25, -0.2) is 4.98 Å². The topological polar surface area (TPSA) is 39.1 Å². The van der Waals surface area contributed by atoms with Gasteiger partial charge in [0, 0.05) is 32.2 Å². The van der Waals surface area contributed by atoms with E-state index in [0.29, 0.717) is 0 Å². The van der Waals surface area contributed by atoms with Crippen LogP contribution in [0, 0.1) is 0 Å². The zero-order valence-electron chi connectivity index (χ0n) is 10.9. The molecule has 0 aromatic carbocycles. The molecule has 0 saturated heterocycles. The molecule has 1 heterocycles. The minimum Gasteiger partial charge on any atom is -0.381 e. The molecule has 0 radical (unpaired) electrons. The highest BCUT2D eigenvalue weighted by Gasteiger charge is 1.92. The van der Waals surface area contributed by atoms with Gasteiger partial charge in [-0.2, -0.15) is 0 Å². The molecular weight excluding hydrogens is 214 g/mol. The molecule has 0 aliphatic heterocycles. The van der Waals surface area contributed by atoms with Crippen LogP contribution in [-0.4, -0.2) is 35.9 Å². The highest BCUT2D eigenvalue weighted by molar-refractivity contribution is 4.73. The van der Waals surface area contributed by atoms with Crippen LogP contribution in [0.3, 0.4) is 0 Å². The normalized spacial score (nSPS) is 10.9. The standard InChI is InChI=1S/C13H25N3O/c1-2-3-11-17-12-5-7-14-6-4-9-16-10-8-15-13-16/h8,10,13-14H,2-7,9,11-12H2,1H3. The molecule has 0 amide bonds. The third-order valence-electron chi connectivity index (χ3n) is 2.61. The van der Waals surface area contributed by atoms with Crippen molar-refractivity contribution in [2.45, 2.75) is 39.2 Å². The molecule has 1 aromatic rings. The predicted octanol–water partition coefficient (Wildman–Crippen LogP) is 2.07. The molecule has 0 fully saturated rings. The van der Waals surface area contributed by atoms with E-state index in [1.54, 1.807) is 0 Å². The van der Waals surface area contributed by atoms with Crippen LogP contribution in [0.5, 0.6) is 0 Å². The number of aryl methyl sites for hydroxylation is 1. The molecule has 0 spiro atoms. The van der Waals surface area contributed by atoms with E-state index in [0.717, 1.165) is 45.7 Å². The summed E-state index contributed by atoms with van der Waals surface area (Å²) in [4.78, 5) is 4.01. The van der Waals surface area contributed by atoms with Crippen LogP contribution in [0.25, 0.3) is 0 Å². The van der Waals surface area contributed by atoms with Gasteiger partial charge in [0.25, 0.3) is 0 Å². The summed E-state index contributed by atoms with van der Waals surface area (Å²) in [6.07, 6.45) is 10.3. The molecule has 0 aliphatic carbocycles. The summed E-state index contributed by atoms with van der Waals surface area (Å²) in [5.74, 6) is 0. The Morgan fingerprint density at radius 2 is 2.00 bits per heavy atom. The predicted molar refractivity (Wildman–Crippen MR) is 70.1 cm³/mol. The second-order valence-electron chi connectivity index (χ2n) is 4.22. The number of imidazole rings is 1. The van der Waals surface area contributed by atoms with Crippen LogP contribution in [-0.2, 0) is 11.3 Å². The summed E-state index contributed by atoms with van der Waals surface area (Å²) in [6.45, 7) is 7.14. The van der Waals surface area contributed by atoms with Crippen LogP contribution in [0.2, 0.25) is 0 Å². The summed E-state index contributed by atoms with van der Waals surface area (Å²) in [5, 5.41) is 3.42. The lowest BCUT2D eigenvalue weighted by atomic mass is 10.3. The van der Waals surface area contributed by atoms with Crippen molar-refractivity contribution in [3.8, 4) is 0 Å². The first kappa shape index (κ1) is 14.2. The maximum atomic E-state index is 5.49. The quantitative estimate of drug-likeness (QED) is 0.601. The van der Waals surface area contributed by atoms with E-state index >= 15 is 0 Å². The van der Waals surface area contributed by atoms with E-state index in [9.17, 15) is 0 Å². The summed E-state index contributed by atoms with van der Waals surface area (Å²) in [7, 11) is 0. The van der Waals surface area contributed by atoms with E-state index in [1.807, 2.05) is 18.7 Å². The van der Waals surface area contributed by atoms with Crippen LogP contribution in [0.15, 0.2) is 18.7 Å². The minimum absolute atomic E-state index is 0.883. The second-order valence-corrected chi connectivity index (χ2v) is 4.22. The Hall–Kier alpha value is -0.870. The number of aromatic nitrogens is 2. The van der Waals surface area contributed by atoms with Crippen molar-refractivity contribution < 1.29 is 4.74 Å². The number of hydrogen-bond donors (Lipinski definition) is 1. The van der Waals surface area contributed by atoms with Gasteiger partial charge >= 0.3 is 0 Å². The average Bonchev–Trinajstić information content (AvgIpc) is 2.85. The van der Waals surface area contributed by atoms with Gasteiger partial charge in [-0.1, -0.05) is 13.3 Å². The molecule has 1 rings (SSSR count). The number of rotatable bonds is 11. The van der Waals surface area contributed by atoms with Gasteiger partial charge < -0.3 is 14.6 Å². The Balaban J connectivity index is 1.76. The van der Waals surface area contributed by atoms with Crippen molar-refractivity contribution in [1.29, 1.82) is 0 Å². The molecule has 0 atom stereocenters. The van der Waals surface area contributed by atoms with Crippen molar-refractivity contribution >= 4 is 0 Å². The second kappa shape index (κ2) is 10.3. The number of ether oxygens (including phenoxy) is 1. The smallest absolute Gasteiger partial charge is 0.0945 e. The molecule has 1 aromatic heterocycles. The van der Waals surface area contributed by atoms with E-state index in [4.69, 9.17) is 4.74 Å². The van der Waals surface area contributed by atoms with Crippen molar-refractivity contribution in [3.63, 3.8) is 0 Å². The molecule has 4 nitrogen and oxygen atoms in total. The van der Waals surface area contributed by atoms with Crippen LogP contribution < -0.4 is 5.32 Å². The lowest BCUT2D eigenvalue weighted by Crippen LogP contribution is -2.19. The van der Waals surface area contributed by atoms with Gasteiger partial charge in [0.15, 0.2) is 0 Å². The Bertz CT molecular complexity index is 249. The Kier molecular flexibility index (Phi) is 8.59. The van der Waals surface area contributed by atoms with E-state index in [-0.39, 0.29) is 0 Å². The van der Waals surface area contributed by atoms with Gasteiger partial charge in [0.05, 0.1) is 6.33 Å². The summed E-state index contributed by atoms with van der Waals surface area (Å²) < 4.78 is 7.59. The maximum absolute atomic E-state index is 5.49. The lowest BCUT2D eigenvalue weighted by molar-refractivity contribution is 0.129. The van der Waals surface area contributed by atoms with Crippen molar-refractivity contribution in [2.75, 3.05) is 26.3 Å². The van der Waals surface area contributed by atoms with Crippen molar-refractivity contribution in [2.24, 2.45) is 0 Å². The maximum Gasteiger partial charge on any atom is 0.0945 e. The summed E-state index contributed by atoms with van der Waals surface area (Å²) in [6, 6.07) is 0. The summed E-state index contributed by atoms with van der Waals surface area (Å²) >= 11 is 0. The Morgan fingerprint density at radius 3 is 2.76 bits per heavy atom. The number of unbranched alkanes of at least 4 members (excludes halogenated alkanes) is 1. The monoisotopic (exact) mass is 239 g/mol. The number of nitrogens with one attached hydrogen (secondary N) is 1. The first-order chi connectivity index (χ1) is 8.43. The number of hydrogen-bond acceptors (Lipinski definition) is 3. The molecule has 4 heteroatoms. The van der Waals surface area contributed by atoms with E-state index < -0.39 is 0 Å². The Morgan fingerprint density at radius 1 is 1.18 bits per heavy atom. The zero-order chi connectivity index (χ0) is 12.2. The third kappa shape index (κ3) is 7.94. The molecule has 1 N–H and O–H groups in total.